The van der Waals surface area contributed by atoms with Crippen molar-refractivity contribution in [1.29, 1.82) is 0 Å². The van der Waals surface area contributed by atoms with E-state index < -0.39 is 29.8 Å². The first-order valence-corrected chi connectivity index (χ1v) is 8.74. The number of carbonyl (C=O) groups is 2. The summed E-state index contributed by atoms with van der Waals surface area (Å²) in [7, 11) is 0. The van der Waals surface area contributed by atoms with Crippen molar-refractivity contribution in [2.75, 3.05) is 0 Å². The van der Waals surface area contributed by atoms with Crippen LogP contribution >= 0.6 is 0 Å². The van der Waals surface area contributed by atoms with E-state index in [1.54, 1.807) is 24.3 Å². The fraction of sp³-hybridized carbons (Fsp3) is 0.300. The van der Waals surface area contributed by atoms with Gasteiger partial charge in [0.2, 0.25) is 5.91 Å². The third kappa shape index (κ3) is 6.00. The molecule has 8 heteroatoms. The Hall–Kier alpha value is -3.03. The molecule has 0 aromatic heterocycles. The van der Waals surface area contributed by atoms with Crippen LogP contribution in [0.1, 0.15) is 30.9 Å². The molecule has 0 aliphatic heterocycles. The highest BCUT2D eigenvalue weighted by Crippen LogP contribution is 2.31. The number of halogens is 3. The Balaban J connectivity index is 1.98. The summed E-state index contributed by atoms with van der Waals surface area (Å²) in [5.41, 5.74) is 1.49. The van der Waals surface area contributed by atoms with Gasteiger partial charge in [0, 0.05) is 6.54 Å². The quantitative estimate of drug-likeness (QED) is 0.650. The van der Waals surface area contributed by atoms with Gasteiger partial charge < -0.3 is 15.7 Å². The van der Waals surface area contributed by atoms with Gasteiger partial charge >= 0.3 is 12.3 Å². The van der Waals surface area contributed by atoms with Crippen molar-refractivity contribution >= 4 is 12.0 Å². The summed E-state index contributed by atoms with van der Waals surface area (Å²) in [6, 6.07) is 11.1. The molecule has 1 atom stereocenters. The van der Waals surface area contributed by atoms with Gasteiger partial charge in [-0.2, -0.15) is 13.2 Å². The van der Waals surface area contributed by atoms with E-state index >= 15 is 0 Å². The molecule has 5 nitrogen and oxygen atoms in total. The van der Waals surface area contributed by atoms with Crippen molar-refractivity contribution in [2.24, 2.45) is 0 Å². The number of rotatable bonds is 7. The van der Waals surface area contributed by atoms with Crippen molar-refractivity contribution in [3.63, 3.8) is 0 Å². The zero-order chi connectivity index (χ0) is 20.7. The number of hydrogen-bond donors (Lipinski definition) is 3. The van der Waals surface area contributed by atoms with Gasteiger partial charge in [-0.25, -0.2) is 4.79 Å². The molecule has 0 aliphatic carbocycles. The third-order valence-corrected chi connectivity index (χ3v) is 4.16. The van der Waals surface area contributed by atoms with Gasteiger partial charge in [0.25, 0.3) is 0 Å². The molecule has 2 aromatic rings. The Labute approximate surface area is 160 Å². The van der Waals surface area contributed by atoms with E-state index in [0.29, 0.717) is 18.4 Å². The van der Waals surface area contributed by atoms with Gasteiger partial charge in [-0.15, -0.1) is 0 Å². The van der Waals surface area contributed by atoms with E-state index in [2.05, 4.69) is 10.6 Å². The number of hydrogen-bond acceptors (Lipinski definition) is 2. The number of benzene rings is 2. The number of alkyl halides is 3. The van der Waals surface area contributed by atoms with E-state index in [9.17, 15) is 22.8 Å². The number of carboxylic acid groups (broad SMARTS) is 1. The molecular weight excluding hydrogens is 373 g/mol. The van der Waals surface area contributed by atoms with Crippen molar-refractivity contribution in [1.82, 2.24) is 10.6 Å². The summed E-state index contributed by atoms with van der Waals surface area (Å²) in [6.07, 6.45) is -4.58. The maximum Gasteiger partial charge on any atom is 0.416 e. The van der Waals surface area contributed by atoms with Crippen LogP contribution in [0.5, 0.6) is 0 Å². The van der Waals surface area contributed by atoms with Crippen molar-refractivity contribution in [3.8, 4) is 11.1 Å². The molecular formula is C20H21F3N2O3. The summed E-state index contributed by atoms with van der Waals surface area (Å²) < 4.78 is 37.9. The molecule has 0 saturated carbocycles. The summed E-state index contributed by atoms with van der Waals surface area (Å²) >= 11 is 0. The molecule has 0 bridgehead atoms. The Morgan fingerprint density at radius 3 is 2.00 bits per heavy atom. The van der Waals surface area contributed by atoms with Crippen LogP contribution in [0, 0.1) is 0 Å². The highest BCUT2D eigenvalue weighted by molar-refractivity contribution is 5.85. The standard InChI is InChI=1S/C20H21F3N2O3/c1-2-3-17(25-19(27)28)18(26)24-12-13-4-6-14(7-5-13)15-8-10-16(11-9-15)20(21,22)23/h4-11,17,25H,2-3,12H2,1H3,(H,24,26)(H,27,28). The Kier molecular flexibility index (Phi) is 7.03. The number of nitrogens with one attached hydrogen (secondary N) is 2. The minimum absolute atomic E-state index is 0.216. The average molecular weight is 394 g/mol. The zero-order valence-corrected chi connectivity index (χ0v) is 15.2. The minimum Gasteiger partial charge on any atom is -0.465 e. The second-order valence-electron chi connectivity index (χ2n) is 6.28. The SMILES string of the molecule is CCCC(NC(=O)O)C(=O)NCc1ccc(-c2ccc(C(F)(F)F)cc2)cc1. The first-order valence-electron chi connectivity index (χ1n) is 8.74. The summed E-state index contributed by atoms with van der Waals surface area (Å²) in [6.45, 7) is 2.07. The van der Waals surface area contributed by atoms with Gasteiger partial charge in [0.15, 0.2) is 0 Å². The van der Waals surface area contributed by atoms with Crippen molar-refractivity contribution < 1.29 is 27.9 Å². The zero-order valence-electron chi connectivity index (χ0n) is 15.2. The first-order chi connectivity index (χ1) is 13.2. The van der Waals surface area contributed by atoms with Crippen LogP contribution in [0.4, 0.5) is 18.0 Å². The van der Waals surface area contributed by atoms with Crippen LogP contribution < -0.4 is 10.6 Å². The number of carbonyl (C=O) groups excluding carboxylic acids is 1. The minimum atomic E-state index is -4.37. The summed E-state index contributed by atoms with van der Waals surface area (Å²) in [4.78, 5) is 22.9. The molecule has 0 saturated heterocycles. The second-order valence-corrected chi connectivity index (χ2v) is 6.28. The maximum absolute atomic E-state index is 12.6. The molecule has 3 N–H and O–H groups in total. The molecule has 0 radical (unpaired) electrons. The summed E-state index contributed by atoms with van der Waals surface area (Å²) in [5, 5.41) is 13.7. The third-order valence-electron chi connectivity index (χ3n) is 4.16. The molecule has 0 fully saturated rings. The Morgan fingerprint density at radius 2 is 1.54 bits per heavy atom. The largest absolute Gasteiger partial charge is 0.465 e. The second kappa shape index (κ2) is 9.25. The van der Waals surface area contributed by atoms with E-state index in [0.717, 1.165) is 23.3 Å². The summed E-state index contributed by atoms with van der Waals surface area (Å²) in [5.74, 6) is -0.406. The van der Waals surface area contributed by atoms with Gasteiger partial charge in [-0.3, -0.25) is 4.79 Å². The fourth-order valence-electron chi connectivity index (χ4n) is 2.69. The molecule has 1 unspecified atom stereocenters. The lowest BCUT2D eigenvalue weighted by molar-refractivity contribution is -0.137. The van der Waals surface area contributed by atoms with Crippen LogP contribution in [0.15, 0.2) is 48.5 Å². The normalized spacial score (nSPS) is 12.3. The molecule has 2 rings (SSSR count). The molecule has 2 aromatic carbocycles. The molecule has 28 heavy (non-hydrogen) atoms. The molecule has 0 heterocycles. The topological polar surface area (TPSA) is 78.4 Å². The molecule has 150 valence electrons. The molecule has 0 spiro atoms. The van der Waals surface area contributed by atoms with Gasteiger partial charge in [0.1, 0.15) is 6.04 Å². The maximum atomic E-state index is 12.6. The highest BCUT2D eigenvalue weighted by Gasteiger charge is 2.29. The van der Waals surface area contributed by atoms with Crippen LogP contribution in [-0.4, -0.2) is 23.1 Å². The van der Waals surface area contributed by atoms with Gasteiger partial charge in [0.05, 0.1) is 5.56 Å². The smallest absolute Gasteiger partial charge is 0.416 e. The molecule has 0 aliphatic rings. The molecule has 2 amide bonds. The predicted octanol–water partition coefficient (Wildman–Crippen LogP) is 4.42. The van der Waals surface area contributed by atoms with Gasteiger partial charge in [-0.05, 0) is 35.2 Å². The van der Waals surface area contributed by atoms with Crippen LogP contribution in [0.3, 0.4) is 0 Å². The number of amides is 2. The monoisotopic (exact) mass is 394 g/mol. The van der Waals surface area contributed by atoms with Crippen molar-refractivity contribution in [2.45, 2.75) is 38.5 Å². The van der Waals surface area contributed by atoms with Crippen LogP contribution in [0.2, 0.25) is 0 Å². The Morgan fingerprint density at radius 1 is 1.00 bits per heavy atom. The highest BCUT2D eigenvalue weighted by atomic mass is 19.4. The van der Waals surface area contributed by atoms with Crippen LogP contribution in [0.25, 0.3) is 11.1 Å². The lowest BCUT2D eigenvalue weighted by atomic mass is 10.0. The van der Waals surface area contributed by atoms with Crippen LogP contribution in [-0.2, 0) is 17.5 Å². The van der Waals surface area contributed by atoms with Gasteiger partial charge in [-0.1, -0.05) is 49.7 Å². The fourth-order valence-corrected chi connectivity index (χ4v) is 2.69. The van der Waals surface area contributed by atoms with E-state index in [4.69, 9.17) is 5.11 Å². The van der Waals surface area contributed by atoms with E-state index in [-0.39, 0.29) is 6.54 Å². The van der Waals surface area contributed by atoms with Crippen molar-refractivity contribution in [3.05, 3.63) is 59.7 Å². The lowest BCUT2D eigenvalue weighted by Crippen LogP contribution is -2.45. The Bertz CT molecular complexity index is 803. The predicted molar refractivity (Wildman–Crippen MR) is 98.6 cm³/mol. The lowest BCUT2D eigenvalue weighted by Gasteiger charge is -2.16. The van der Waals surface area contributed by atoms with E-state index in [1.807, 2.05) is 6.92 Å². The van der Waals surface area contributed by atoms with E-state index in [1.165, 1.54) is 12.1 Å². The first kappa shape index (κ1) is 21.3. The average Bonchev–Trinajstić information content (AvgIpc) is 2.65.